The highest BCUT2D eigenvalue weighted by Gasteiger charge is 2.61. The van der Waals surface area contributed by atoms with E-state index in [1.165, 1.54) is 16.8 Å². The van der Waals surface area contributed by atoms with Crippen molar-refractivity contribution in [2.45, 2.75) is 50.4 Å². The van der Waals surface area contributed by atoms with Crippen LogP contribution in [0.15, 0.2) is 76.6 Å². The third-order valence-corrected chi connectivity index (χ3v) is 8.49. The highest BCUT2D eigenvalue weighted by molar-refractivity contribution is 6.09. The zero-order chi connectivity index (χ0) is 28.8. The lowest BCUT2D eigenvalue weighted by Crippen LogP contribution is -2.45. The van der Waals surface area contributed by atoms with Gasteiger partial charge in [-0.15, -0.1) is 5.10 Å². The molecule has 3 aliphatic heterocycles. The lowest BCUT2D eigenvalue weighted by Gasteiger charge is -2.35. The first-order chi connectivity index (χ1) is 20.4. The zero-order valence-corrected chi connectivity index (χ0v) is 22.8. The molecule has 42 heavy (non-hydrogen) atoms. The van der Waals surface area contributed by atoms with Gasteiger partial charge >= 0.3 is 5.69 Å². The number of hydrogen-bond acceptors (Lipinski definition) is 7. The number of aromatic amines is 1. The molecule has 2 atom stereocenters. The minimum atomic E-state index is -1.02. The number of likely N-dealkylation sites (tertiary alicyclic amines) is 1. The Hall–Kier alpha value is -5.00. The number of nitrogens with one attached hydrogen (secondary N) is 1. The van der Waals surface area contributed by atoms with Crippen molar-refractivity contribution in [3.63, 3.8) is 0 Å². The molecule has 12 nitrogen and oxygen atoms in total. The number of fused-ring (bicyclic) bond motifs is 8. The molecule has 4 aromatic rings. The number of para-hydroxylation sites is 1. The van der Waals surface area contributed by atoms with E-state index in [1.54, 1.807) is 14.5 Å². The maximum atomic E-state index is 14.7. The molecule has 2 amide bonds. The third-order valence-electron chi connectivity index (χ3n) is 8.49. The fraction of sp³-hybridized carbons (Fsp3) is 0.333. The molecule has 3 aliphatic rings. The van der Waals surface area contributed by atoms with Crippen molar-refractivity contribution in [1.82, 2.24) is 29.4 Å². The van der Waals surface area contributed by atoms with Gasteiger partial charge in [-0.2, -0.15) is 0 Å². The zero-order valence-electron chi connectivity index (χ0n) is 22.8. The summed E-state index contributed by atoms with van der Waals surface area (Å²) in [6, 6.07) is 16.1. The molecule has 7 rings (SSSR count). The Labute approximate surface area is 240 Å². The standard InChI is InChI=1S/C30H29N7O5/c38-25-9-13-34(29(41)31-25)14-10-26(39)36-15-11-30-23-7-1-2-8-24(23)37(28(30)40)19-21-18-35(33-32-21)12-4-16-42-22-6-3-5-20(17-22)27(30)36/h1-3,5-9,13,17-18,27H,4,10-12,14-16,19H2,(H,31,38,41)/t27-,30+/m0/s1. The summed E-state index contributed by atoms with van der Waals surface area (Å²) in [6.07, 6.45) is 4.43. The van der Waals surface area contributed by atoms with Crippen LogP contribution < -0.4 is 20.9 Å². The summed E-state index contributed by atoms with van der Waals surface area (Å²) in [4.78, 5) is 58.1. The fourth-order valence-electron chi connectivity index (χ4n) is 6.63. The van der Waals surface area contributed by atoms with Crippen LogP contribution in [0, 0.1) is 0 Å². The Morgan fingerprint density at radius 1 is 1.07 bits per heavy atom. The van der Waals surface area contributed by atoms with Gasteiger partial charge in [0.05, 0.1) is 25.4 Å². The van der Waals surface area contributed by atoms with Gasteiger partial charge in [0, 0.05) is 50.4 Å². The van der Waals surface area contributed by atoms with Crippen molar-refractivity contribution in [2.24, 2.45) is 0 Å². The Morgan fingerprint density at radius 2 is 1.95 bits per heavy atom. The summed E-state index contributed by atoms with van der Waals surface area (Å²) in [5.41, 5.74) is 1.08. The first-order valence-corrected chi connectivity index (χ1v) is 14.1. The smallest absolute Gasteiger partial charge is 0.328 e. The second kappa shape index (κ2) is 10.1. The van der Waals surface area contributed by atoms with Crippen LogP contribution in [-0.4, -0.2) is 54.4 Å². The van der Waals surface area contributed by atoms with Gasteiger partial charge in [0.15, 0.2) is 0 Å². The largest absolute Gasteiger partial charge is 0.494 e. The topological polar surface area (TPSA) is 135 Å². The van der Waals surface area contributed by atoms with Gasteiger partial charge in [0.2, 0.25) is 11.8 Å². The summed E-state index contributed by atoms with van der Waals surface area (Å²) in [5, 5.41) is 8.58. The van der Waals surface area contributed by atoms with Gasteiger partial charge in [-0.3, -0.25) is 24.0 Å². The molecule has 6 bridgehead atoms. The molecule has 214 valence electrons. The van der Waals surface area contributed by atoms with Crippen LogP contribution in [0.5, 0.6) is 5.75 Å². The number of aromatic nitrogens is 5. The predicted molar refractivity (Wildman–Crippen MR) is 151 cm³/mol. The third kappa shape index (κ3) is 4.21. The molecule has 0 unspecified atom stereocenters. The van der Waals surface area contributed by atoms with Gasteiger partial charge in [0.25, 0.3) is 5.56 Å². The molecular formula is C30H29N7O5. The van der Waals surface area contributed by atoms with Gasteiger partial charge in [-0.05, 0) is 35.7 Å². The van der Waals surface area contributed by atoms with Gasteiger partial charge < -0.3 is 19.1 Å². The molecule has 1 spiro atoms. The van der Waals surface area contributed by atoms with E-state index in [0.29, 0.717) is 37.6 Å². The number of amides is 2. The number of carbonyl (C=O) groups is 2. The number of rotatable bonds is 3. The van der Waals surface area contributed by atoms with E-state index in [0.717, 1.165) is 23.2 Å². The predicted octanol–water partition coefficient (Wildman–Crippen LogP) is 1.76. The lowest BCUT2D eigenvalue weighted by molar-refractivity contribution is -0.134. The molecule has 1 fully saturated rings. The highest BCUT2D eigenvalue weighted by atomic mass is 16.5. The average Bonchev–Trinajstić information content (AvgIpc) is 3.68. The van der Waals surface area contributed by atoms with E-state index in [-0.39, 0.29) is 31.3 Å². The van der Waals surface area contributed by atoms with Gasteiger partial charge in [-0.25, -0.2) is 4.79 Å². The number of benzene rings is 2. The van der Waals surface area contributed by atoms with E-state index >= 15 is 0 Å². The van der Waals surface area contributed by atoms with Crippen molar-refractivity contribution < 1.29 is 14.3 Å². The van der Waals surface area contributed by atoms with Crippen LogP contribution >= 0.6 is 0 Å². The van der Waals surface area contributed by atoms with Crippen LogP contribution in [0.2, 0.25) is 0 Å². The quantitative estimate of drug-likeness (QED) is 0.399. The molecular weight excluding hydrogens is 538 g/mol. The van der Waals surface area contributed by atoms with Crippen molar-refractivity contribution in [3.05, 3.63) is 105 Å². The minimum absolute atomic E-state index is 0.0252. The molecule has 12 heteroatoms. The van der Waals surface area contributed by atoms with Crippen molar-refractivity contribution in [1.29, 1.82) is 0 Å². The lowest BCUT2D eigenvalue weighted by atomic mass is 9.72. The van der Waals surface area contributed by atoms with Crippen LogP contribution in [0.1, 0.15) is 42.1 Å². The van der Waals surface area contributed by atoms with Crippen molar-refractivity contribution in [3.8, 4) is 5.75 Å². The van der Waals surface area contributed by atoms with Gasteiger partial charge in [-0.1, -0.05) is 35.5 Å². The summed E-state index contributed by atoms with van der Waals surface area (Å²) in [7, 11) is 0. The second-order valence-electron chi connectivity index (χ2n) is 10.9. The number of anilines is 1. The Morgan fingerprint density at radius 3 is 2.83 bits per heavy atom. The van der Waals surface area contributed by atoms with Crippen LogP contribution in [-0.2, 0) is 34.6 Å². The van der Waals surface area contributed by atoms with E-state index in [1.807, 2.05) is 54.7 Å². The normalized spacial score (nSPS) is 21.2. The van der Waals surface area contributed by atoms with Gasteiger partial charge in [0.1, 0.15) is 16.9 Å². The molecule has 0 aliphatic carbocycles. The van der Waals surface area contributed by atoms with E-state index < -0.39 is 22.7 Å². The van der Waals surface area contributed by atoms with Crippen molar-refractivity contribution >= 4 is 17.5 Å². The summed E-state index contributed by atoms with van der Waals surface area (Å²) in [5.74, 6) is 0.383. The summed E-state index contributed by atoms with van der Waals surface area (Å²) >= 11 is 0. The average molecular weight is 568 g/mol. The Bertz CT molecular complexity index is 1810. The molecule has 0 radical (unpaired) electrons. The number of nitrogens with zero attached hydrogens (tertiary/aromatic N) is 6. The van der Waals surface area contributed by atoms with E-state index in [9.17, 15) is 19.2 Å². The molecule has 1 N–H and O–H groups in total. The van der Waals surface area contributed by atoms with Crippen LogP contribution in [0.4, 0.5) is 5.69 Å². The molecule has 2 aromatic heterocycles. The molecule has 0 saturated carbocycles. The van der Waals surface area contributed by atoms with Crippen LogP contribution in [0.25, 0.3) is 0 Å². The SMILES string of the molecule is O=C(CCn1ccc(=O)[nH]c1=O)N1CC[C@]23C(=O)N(Cc4cn(nn4)CCCOc4cccc(c4)[C@H]12)c1ccccc13. The summed E-state index contributed by atoms with van der Waals surface area (Å²) in [6.45, 7) is 1.83. The number of ether oxygens (including phenoxy) is 1. The number of H-pyrrole nitrogens is 1. The molecule has 2 aromatic carbocycles. The number of hydrogen-bond donors (Lipinski definition) is 1. The van der Waals surface area contributed by atoms with E-state index in [2.05, 4.69) is 15.3 Å². The van der Waals surface area contributed by atoms with Crippen LogP contribution in [0.3, 0.4) is 0 Å². The fourth-order valence-corrected chi connectivity index (χ4v) is 6.63. The van der Waals surface area contributed by atoms with Crippen molar-refractivity contribution in [2.75, 3.05) is 18.1 Å². The Kier molecular flexibility index (Phi) is 6.25. The highest BCUT2D eigenvalue weighted by Crippen LogP contribution is 2.57. The molecule has 5 heterocycles. The monoisotopic (exact) mass is 567 g/mol. The second-order valence-corrected chi connectivity index (χ2v) is 10.9. The number of aryl methyl sites for hydroxylation is 2. The maximum absolute atomic E-state index is 14.7. The summed E-state index contributed by atoms with van der Waals surface area (Å²) < 4.78 is 9.16. The molecule has 1 saturated heterocycles. The minimum Gasteiger partial charge on any atom is -0.494 e. The Balaban J connectivity index is 1.32. The number of carbonyl (C=O) groups excluding carboxylic acids is 2. The first-order valence-electron chi connectivity index (χ1n) is 14.1. The maximum Gasteiger partial charge on any atom is 0.328 e. The first kappa shape index (κ1) is 25.9. The van der Waals surface area contributed by atoms with E-state index in [4.69, 9.17) is 4.74 Å².